The Labute approximate surface area is 201 Å². The van der Waals surface area contributed by atoms with Crippen molar-refractivity contribution in [1.82, 2.24) is 15.5 Å². The van der Waals surface area contributed by atoms with Gasteiger partial charge in [0.15, 0.2) is 0 Å². The number of carbonyl (C=O) groups excluding carboxylic acids is 4. The molecule has 11 heteroatoms. The lowest BCUT2D eigenvalue weighted by Crippen LogP contribution is -2.40. The Morgan fingerprint density at radius 3 is 2.58 bits per heavy atom. The van der Waals surface area contributed by atoms with Crippen molar-refractivity contribution in [2.45, 2.75) is 12.5 Å². The number of nitrogens with zero attached hydrogens (tertiary/aromatic N) is 1. The molecule has 2 aromatic rings. The van der Waals surface area contributed by atoms with Crippen molar-refractivity contribution in [3.63, 3.8) is 0 Å². The van der Waals surface area contributed by atoms with Crippen LogP contribution in [0.4, 0.5) is 14.0 Å². The van der Waals surface area contributed by atoms with Gasteiger partial charge in [0.25, 0.3) is 11.1 Å². The monoisotopic (exact) mass is 534 g/mol. The molecule has 1 fully saturated rings. The molecule has 0 aromatic heterocycles. The Bertz CT molecular complexity index is 1110. The number of hydrogen-bond acceptors (Lipinski definition) is 5. The number of amides is 5. The van der Waals surface area contributed by atoms with E-state index in [0.29, 0.717) is 11.1 Å². The van der Waals surface area contributed by atoms with Gasteiger partial charge in [-0.2, -0.15) is 0 Å². The van der Waals surface area contributed by atoms with E-state index in [0.717, 1.165) is 21.1 Å². The average molecular weight is 535 g/mol. The van der Waals surface area contributed by atoms with Gasteiger partial charge >= 0.3 is 6.03 Å². The van der Waals surface area contributed by atoms with E-state index in [2.05, 4.69) is 26.6 Å². The van der Waals surface area contributed by atoms with E-state index >= 15 is 0 Å². The lowest BCUT2D eigenvalue weighted by Gasteiger charge is -2.19. The molecule has 0 saturated carbocycles. The summed E-state index contributed by atoms with van der Waals surface area (Å²) in [5, 5.41) is 4.73. The Kier molecular flexibility index (Phi) is 8.23. The summed E-state index contributed by atoms with van der Waals surface area (Å²) >= 11 is 4.13. The van der Waals surface area contributed by atoms with Crippen LogP contribution in [0, 0.1) is 5.82 Å². The number of hydrogen-bond donors (Lipinski definition) is 3. The molecule has 0 aliphatic carbocycles. The molecule has 1 atom stereocenters. The second kappa shape index (κ2) is 11.1. The van der Waals surface area contributed by atoms with Crippen molar-refractivity contribution >= 4 is 56.9 Å². The highest BCUT2D eigenvalue weighted by molar-refractivity contribution is 9.10. The smallest absolute Gasteiger partial charge is 0.312 e. The number of rotatable bonds is 8. The van der Waals surface area contributed by atoms with E-state index in [-0.39, 0.29) is 30.3 Å². The summed E-state index contributed by atoms with van der Waals surface area (Å²) < 4.78 is 13.8. The van der Waals surface area contributed by atoms with Gasteiger partial charge in [-0.15, -0.1) is 0 Å². The molecule has 2 aromatic carbocycles. The third-order valence-corrected chi connectivity index (χ3v) is 6.06. The second-order valence-electron chi connectivity index (χ2n) is 7.06. The molecule has 8 nitrogen and oxygen atoms in total. The van der Waals surface area contributed by atoms with Crippen LogP contribution in [0.2, 0.25) is 0 Å². The summed E-state index contributed by atoms with van der Waals surface area (Å²) in [6, 6.07) is 11.2. The molecule has 0 unspecified atom stereocenters. The highest BCUT2D eigenvalue weighted by Gasteiger charge is 2.34. The zero-order valence-electron chi connectivity index (χ0n) is 17.2. The molecule has 4 N–H and O–H groups in total. The maximum Gasteiger partial charge on any atom is 0.312 e. The molecule has 1 aliphatic heterocycles. The van der Waals surface area contributed by atoms with Crippen LogP contribution in [0.25, 0.3) is 6.08 Å². The van der Waals surface area contributed by atoms with Crippen molar-refractivity contribution in [1.29, 1.82) is 0 Å². The number of carbonyl (C=O) groups is 4. The number of thioether (sulfide) groups is 1. The molecule has 1 heterocycles. The highest BCUT2D eigenvalue weighted by Crippen LogP contribution is 2.32. The third kappa shape index (κ3) is 6.90. The number of imide groups is 1. The van der Waals surface area contributed by atoms with Crippen molar-refractivity contribution < 1.29 is 23.6 Å². The first-order valence-corrected chi connectivity index (χ1v) is 11.4. The number of nitrogens with two attached hydrogens (primary N) is 1. The number of halogens is 2. The van der Waals surface area contributed by atoms with Crippen LogP contribution < -0.4 is 16.4 Å². The van der Waals surface area contributed by atoms with Crippen molar-refractivity contribution in [2.24, 2.45) is 5.73 Å². The Morgan fingerprint density at radius 1 is 1.18 bits per heavy atom. The molecule has 1 aliphatic rings. The lowest BCUT2D eigenvalue weighted by molar-refractivity contribution is -0.124. The van der Waals surface area contributed by atoms with Crippen molar-refractivity contribution in [3.8, 4) is 0 Å². The first kappa shape index (κ1) is 24.5. The molecular formula is C22H20BrFN4O4S. The molecule has 172 valence electrons. The zero-order chi connectivity index (χ0) is 24.0. The van der Waals surface area contributed by atoms with Gasteiger partial charge in [0.05, 0.1) is 17.4 Å². The second-order valence-corrected chi connectivity index (χ2v) is 8.96. The summed E-state index contributed by atoms with van der Waals surface area (Å²) in [6.45, 7) is 0.0322. The molecule has 33 heavy (non-hydrogen) atoms. The Morgan fingerprint density at radius 2 is 1.91 bits per heavy atom. The predicted molar refractivity (Wildman–Crippen MR) is 126 cm³/mol. The van der Waals surface area contributed by atoms with Crippen LogP contribution in [0.5, 0.6) is 0 Å². The van der Waals surface area contributed by atoms with Gasteiger partial charge in [-0.3, -0.25) is 19.3 Å². The lowest BCUT2D eigenvalue weighted by atomic mass is 10.0. The van der Waals surface area contributed by atoms with Gasteiger partial charge in [-0.25, -0.2) is 9.18 Å². The van der Waals surface area contributed by atoms with Crippen molar-refractivity contribution in [2.75, 3.05) is 13.1 Å². The molecule has 0 bridgehead atoms. The van der Waals surface area contributed by atoms with E-state index < -0.39 is 29.0 Å². The zero-order valence-corrected chi connectivity index (χ0v) is 19.6. The maximum absolute atomic E-state index is 13.0. The standard InChI is InChI=1S/C22H20BrFN4O4S/c23-15-3-1-2-14(11-15)17(27-21(25)31)12-19(29)26-8-9-28-20(30)18(33-22(28)32)10-13-4-6-16(24)7-5-13/h1-7,10-11,17H,8-9,12H2,(H,26,29)(H3,25,27,31)/b18-10+/t17-/m1/s1. The minimum Gasteiger partial charge on any atom is -0.354 e. The van der Waals surface area contributed by atoms with E-state index in [1.54, 1.807) is 18.2 Å². The summed E-state index contributed by atoms with van der Waals surface area (Å²) in [7, 11) is 0. The topological polar surface area (TPSA) is 122 Å². The van der Waals surface area contributed by atoms with Gasteiger partial charge in [-0.05, 0) is 53.2 Å². The molecule has 0 radical (unpaired) electrons. The van der Waals surface area contributed by atoms with Gasteiger partial charge in [0.1, 0.15) is 5.82 Å². The van der Waals surface area contributed by atoms with Crippen LogP contribution in [0.3, 0.4) is 0 Å². The SMILES string of the molecule is NC(=O)N[C@H](CC(=O)NCCN1C(=O)S/C(=C/c2ccc(F)cc2)C1=O)c1cccc(Br)c1. The summed E-state index contributed by atoms with van der Waals surface area (Å²) in [5.41, 5.74) is 6.52. The largest absolute Gasteiger partial charge is 0.354 e. The molecule has 1 saturated heterocycles. The first-order valence-electron chi connectivity index (χ1n) is 9.82. The van der Waals surface area contributed by atoms with Crippen LogP contribution >= 0.6 is 27.7 Å². The summed E-state index contributed by atoms with van der Waals surface area (Å²) in [6.07, 6.45) is 1.44. The molecule has 0 spiro atoms. The minimum atomic E-state index is -0.765. The highest BCUT2D eigenvalue weighted by atomic mass is 79.9. The fourth-order valence-electron chi connectivity index (χ4n) is 3.12. The van der Waals surface area contributed by atoms with Gasteiger partial charge in [0.2, 0.25) is 5.91 Å². The number of nitrogens with one attached hydrogen (secondary N) is 2. The molecular weight excluding hydrogens is 515 g/mol. The van der Waals surface area contributed by atoms with Crippen LogP contribution in [0.1, 0.15) is 23.6 Å². The van der Waals surface area contributed by atoms with Gasteiger partial charge < -0.3 is 16.4 Å². The average Bonchev–Trinajstić information content (AvgIpc) is 3.02. The van der Waals surface area contributed by atoms with E-state index in [1.807, 2.05) is 6.07 Å². The predicted octanol–water partition coefficient (Wildman–Crippen LogP) is 3.54. The van der Waals surface area contributed by atoms with Crippen LogP contribution in [-0.2, 0) is 9.59 Å². The Hall–Kier alpha value is -3.18. The number of primary amides is 1. The third-order valence-electron chi connectivity index (χ3n) is 4.66. The fraction of sp³-hybridized carbons (Fsp3) is 0.182. The molecule has 3 rings (SSSR count). The Balaban J connectivity index is 1.55. The van der Waals surface area contributed by atoms with Crippen LogP contribution in [0.15, 0.2) is 57.9 Å². The van der Waals surface area contributed by atoms with E-state index in [9.17, 15) is 23.6 Å². The van der Waals surface area contributed by atoms with Gasteiger partial charge in [0, 0.05) is 17.6 Å². The van der Waals surface area contributed by atoms with Crippen LogP contribution in [-0.4, -0.2) is 41.1 Å². The first-order chi connectivity index (χ1) is 15.7. The summed E-state index contributed by atoms with van der Waals surface area (Å²) in [5.74, 6) is -1.27. The quantitative estimate of drug-likeness (QED) is 0.447. The summed E-state index contributed by atoms with van der Waals surface area (Å²) in [4.78, 5) is 49.8. The normalized spacial score (nSPS) is 15.6. The van der Waals surface area contributed by atoms with E-state index in [4.69, 9.17) is 5.73 Å². The van der Waals surface area contributed by atoms with Gasteiger partial charge in [-0.1, -0.05) is 40.2 Å². The van der Waals surface area contributed by atoms with E-state index in [1.165, 1.54) is 30.3 Å². The number of urea groups is 1. The van der Waals surface area contributed by atoms with Crippen molar-refractivity contribution in [3.05, 3.63) is 74.9 Å². The molecule has 5 amide bonds. The fourth-order valence-corrected chi connectivity index (χ4v) is 4.40. The minimum absolute atomic E-state index is 0.0119. The maximum atomic E-state index is 13.0. The number of benzene rings is 2.